The second-order valence-electron chi connectivity index (χ2n) is 4.51. The first-order chi connectivity index (χ1) is 9.09. The number of nitrogens with one attached hydrogen (secondary N) is 2. The Labute approximate surface area is 112 Å². The van der Waals surface area contributed by atoms with Crippen molar-refractivity contribution in [2.24, 2.45) is 0 Å². The Morgan fingerprint density at radius 3 is 2.89 bits per heavy atom. The minimum Gasteiger partial charge on any atom is -0.354 e. The number of rotatable bonds is 1. The van der Waals surface area contributed by atoms with Crippen LogP contribution in [-0.2, 0) is 4.79 Å². The van der Waals surface area contributed by atoms with Crippen molar-refractivity contribution in [2.45, 2.75) is 18.9 Å². The molecule has 1 atom stereocenters. The molecule has 0 radical (unpaired) electrons. The maximum Gasteiger partial charge on any atom is 0.243 e. The van der Waals surface area contributed by atoms with Gasteiger partial charge in [-0.2, -0.15) is 0 Å². The summed E-state index contributed by atoms with van der Waals surface area (Å²) in [5.74, 6) is -2.15. The van der Waals surface area contributed by atoms with Crippen molar-refractivity contribution in [2.75, 3.05) is 6.54 Å². The molecule has 100 valence electrons. The number of imidazole rings is 1. The number of hydrogen-bond donors (Lipinski definition) is 2. The number of carbonyl (C=O) groups excluding carboxylic acids is 1. The lowest BCUT2D eigenvalue weighted by Gasteiger charge is -2.23. The number of aromatic nitrogens is 2. The van der Waals surface area contributed by atoms with Gasteiger partial charge in [0.05, 0.1) is 5.52 Å². The Morgan fingerprint density at radius 2 is 2.16 bits per heavy atom. The molecule has 1 fully saturated rings. The van der Waals surface area contributed by atoms with Crippen molar-refractivity contribution < 1.29 is 13.6 Å². The van der Waals surface area contributed by atoms with Crippen molar-refractivity contribution in [3.8, 4) is 0 Å². The van der Waals surface area contributed by atoms with Gasteiger partial charge in [-0.15, -0.1) is 0 Å². The third kappa shape index (κ3) is 1.85. The van der Waals surface area contributed by atoms with Gasteiger partial charge in [0.25, 0.3) is 0 Å². The maximum absolute atomic E-state index is 14.0. The van der Waals surface area contributed by atoms with Gasteiger partial charge in [0.1, 0.15) is 11.6 Å². The van der Waals surface area contributed by atoms with E-state index in [0.717, 1.165) is 12.5 Å². The van der Waals surface area contributed by atoms with E-state index >= 15 is 0 Å². The van der Waals surface area contributed by atoms with Crippen LogP contribution in [0.5, 0.6) is 0 Å². The summed E-state index contributed by atoms with van der Waals surface area (Å²) in [6, 6.07) is 1.86. The number of hydrogen-bond acceptors (Lipinski definition) is 2. The van der Waals surface area contributed by atoms with Crippen LogP contribution in [0.15, 0.2) is 12.1 Å². The summed E-state index contributed by atoms with van der Waals surface area (Å²) in [5, 5.41) is 2.71. The van der Waals surface area contributed by atoms with E-state index < -0.39 is 17.7 Å². The van der Waals surface area contributed by atoms with Crippen LogP contribution in [0, 0.1) is 16.4 Å². The van der Waals surface area contributed by atoms with Crippen LogP contribution in [0.25, 0.3) is 11.0 Å². The molecule has 2 N–H and O–H groups in total. The standard InChI is InChI=1S/C12H11F2N3OS/c13-6-3-4-7-10(9(6)14)17(12(19)16-7)8-2-1-5-15-11(8)18/h3-4,8H,1-2,5H2,(H,15,18)(H,16,19). The number of aromatic amines is 1. The van der Waals surface area contributed by atoms with E-state index in [2.05, 4.69) is 10.3 Å². The Morgan fingerprint density at radius 1 is 1.37 bits per heavy atom. The number of fused-ring (bicyclic) bond motifs is 1. The van der Waals surface area contributed by atoms with E-state index in [-0.39, 0.29) is 16.2 Å². The smallest absolute Gasteiger partial charge is 0.243 e. The molecule has 1 saturated heterocycles. The number of nitrogens with zero attached hydrogens (tertiary/aromatic N) is 1. The van der Waals surface area contributed by atoms with Crippen LogP contribution in [0.4, 0.5) is 8.78 Å². The first kappa shape index (κ1) is 12.3. The summed E-state index contributed by atoms with van der Waals surface area (Å²) in [7, 11) is 0. The zero-order chi connectivity index (χ0) is 13.6. The second-order valence-corrected chi connectivity index (χ2v) is 4.89. The van der Waals surface area contributed by atoms with Crippen molar-refractivity contribution in [1.82, 2.24) is 14.9 Å². The lowest BCUT2D eigenvalue weighted by atomic mass is 10.1. The molecule has 1 unspecified atom stereocenters. The molecule has 1 aromatic heterocycles. The van der Waals surface area contributed by atoms with Crippen molar-refractivity contribution in [1.29, 1.82) is 0 Å². The van der Waals surface area contributed by atoms with E-state index in [1.807, 2.05) is 0 Å². The zero-order valence-electron chi connectivity index (χ0n) is 9.87. The molecular weight excluding hydrogens is 272 g/mol. The third-order valence-electron chi connectivity index (χ3n) is 3.34. The highest BCUT2D eigenvalue weighted by Crippen LogP contribution is 2.27. The SMILES string of the molecule is O=C1NCCCC1n1c(=S)[nH]c2ccc(F)c(F)c21. The summed E-state index contributed by atoms with van der Waals surface area (Å²) in [6.07, 6.45) is 1.34. The summed E-state index contributed by atoms with van der Waals surface area (Å²) < 4.78 is 28.9. The molecule has 0 spiro atoms. The monoisotopic (exact) mass is 283 g/mol. The third-order valence-corrected chi connectivity index (χ3v) is 3.64. The van der Waals surface area contributed by atoms with Gasteiger partial charge in [0.15, 0.2) is 16.4 Å². The van der Waals surface area contributed by atoms with Crippen molar-refractivity contribution in [3.63, 3.8) is 0 Å². The highest BCUT2D eigenvalue weighted by Gasteiger charge is 2.27. The van der Waals surface area contributed by atoms with Gasteiger partial charge in [-0.1, -0.05) is 0 Å². The van der Waals surface area contributed by atoms with E-state index in [1.54, 1.807) is 0 Å². The predicted molar refractivity (Wildman–Crippen MR) is 68.3 cm³/mol. The topological polar surface area (TPSA) is 49.8 Å². The molecule has 0 saturated carbocycles. The van der Waals surface area contributed by atoms with Gasteiger partial charge >= 0.3 is 0 Å². The number of amides is 1. The van der Waals surface area contributed by atoms with Gasteiger partial charge in [0.2, 0.25) is 5.91 Å². The molecular formula is C12H11F2N3OS. The van der Waals surface area contributed by atoms with Crippen LogP contribution in [0.1, 0.15) is 18.9 Å². The van der Waals surface area contributed by atoms with Crippen LogP contribution >= 0.6 is 12.2 Å². The molecule has 3 rings (SSSR count). The average molecular weight is 283 g/mol. The minimum absolute atomic E-state index is 0.0204. The fraction of sp³-hybridized carbons (Fsp3) is 0.333. The largest absolute Gasteiger partial charge is 0.354 e. The fourth-order valence-corrected chi connectivity index (χ4v) is 2.78. The molecule has 1 amide bonds. The van der Waals surface area contributed by atoms with Gasteiger partial charge < -0.3 is 14.9 Å². The average Bonchev–Trinajstić information content (AvgIpc) is 2.72. The quantitative estimate of drug-likeness (QED) is 0.790. The summed E-state index contributed by atoms with van der Waals surface area (Å²) in [5.41, 5.74) is 0.411. The van der Waals surface area contributed by atoms with Gasteiger partial charge in [-0.05, 0) is 37.2 Å². The first-order valence-corrected chi connectivity index (χ1v) is 6.36. The molecule has 1 aliphatic heterocycles. The van der Waals surface area contributed by atoms with Crippen molar-refractivity contribution in [3.05, 3.63) is 28.5 Å². The molecule has 0 bridgehead atoms. The van der Waals surface area contributed by atoms with Crippen LogP contribution < -0.4 is 5.32 Å². The molecule has 1 aliphatic rings. The highest BCUT2D eigenvalue weighted by molar-refractivity contribution is 7.71. The molecule has 1 aromatic carbocycles. The number of H-pyrrole nitrogens is 1. The van der Waals surface area contributed by atoms with Crippen molar-refractivity contribution >= 4 is 29.2 Å². The lowest BCUT2D eigenvalue weighted by molar-refractivity contribution is -0.125. The maximum atomic E-state index is 14.0. The van der Waals surface area contributed by atoms with Gasteiger partial charge in [-0.3, -0.25) is 4.79 Å². The number of benzene rings is 1. The lowest BCUT2D eigenvalue weighted by Crippen LogP contribution is -2.38. The minimum atomic E-state index is -0.983. The normalized spacial score (nSPS) is 19.7. The Bertz CT molecular complexity index is 722. The Hall–Kier alpha value is -1.76. The van der Waals surface area contributed by atoms with E-state index in [1.165, 1.54) is 10.6 Å². The number of halogens is 2. The molecule has 4 nitrogen and oxygen atoms in total. The number of carbonyl (C=O) groups is 1. The van der Waals surface area contributed by atoms with Gasteiger partial charge in [-0.25, -0.2) is 8.78 Å². The van der Waals surface area contributed by atoms with E-state index in [0.29, 0.717) is 18.5 Å². The molecule has 2 aromatic rings. The molecule has 19 heavy (non-hydrogen) atoms. The molecule has 7 heteroatoms. The summed E-state index contributed by atoms with van der Waals surface area (Å²) in [4.78, 5) is 14.7. The predicted octanol–water partition coefficient (Wildman–Crippen LogP) is 2.43. The summed E-state index contributed by atoms with van der Waals surface area (Å²) >= 11 is 5.13. The fourth-order valence-electron chi connectivity index (χ4n) is 2.45. The number of piperidine rings is 1. The molecule has 0 aliphatic carbocycles. The van der Waals surface area contributed by atoms with E-state index in [9.17, 15) is 13.6 Å². The Kier molecular flexibility index (Phi) is 2.85. The van der Waals surface area contributed by atoms with Gasteiger partial charge in [0, 0.05) is 6.54 Å². The summed E-state index contributed by atoms with van der Waals surface area (Å²) in [6.45, 7) is 0.599. The first-order valence-electron chi connectivity index (χ1n) is 5.95. The second kappa shape index (κ2) is 4.41. The van der Waals surface area contributed by atoms with E-state index in [4.69, 9.17) is 12.2 Å². The highest BCUT2D eigenvalue weighted by atomic mass is 32.1. The van der Waals surface area contributed by atoms with Crippen LogP contribution in [0.2, 0.25) is 0 Å². The Balaban J connectivity index is 2.28. The van der Waals surface area contributed by atoms with Crippen LogP contribution in [0.3, 0.4) is 0 Å². The molecule has 2 heterocycles. The van der Waals surface area contributed by atoms with Crippen LogP contribution in [-0.4, -0.2) is 22.0 Å². The zero-order valence-corrected chi connectivity index (χ0v) is 10.7.